The van der Waals surface area contributed by atoms with Crippen LogP contribution < -0.4 is 4.74 Å². The van der Waals surface area contributed by atoms with Gasteiger partial charge in [0.05, 0.1) is 17.8 Å². The Bertz CT molecular complexity index is 845. The number of carbonyl (C=O) groups excluding carboxylic acids is 1. The van der Waals surface area contributed by atoms with Crippen LogP contribution in [0.5, 0.6) is 5.75 Å². The maximum atomic E-state index is 12.6. The number of amides is 1. The molecule has 1 heterocycles. The quantitative estimate of drug-likeness (QED) is 0.726. The number of thioether (sulfide) groups is 1. The third kappa shape index (κ3) is 4.22. The van der Waals surface area contributed by atoms with E-state index < -0.39 is 15.1 Å². The van der Waals surface area contributed by atoms with Crippen molar-refractivity contribution in [2.24, 2.45) is 0 Å². The second-order valence-electron chi connectivity index (χ2n) is 6.12. The van der Waals surface area contributed by atoms with Crippen molar-refractivity contribution in [3.8, 4) is 5.75 Å². The smallest absolute Gasteiger partial charge is 0.232 e. The number of ether oxygens (including phenoxy) is 1. The molecular formula is C19H21NO4S2. The molecule has 1 aliphatic heterocycles. The summed E-state index contributed by atoms with van der Waals surface area (Å²) in [5, 5.41) is -0.529. The minimum atomic E-state index is -3.41. The molecule has 26 heavy (non-hydrogen) atoms. The number of hydrogen-bond donors (Lipinski definition) is 0. The van der Waals surface area contributed by atoms with Crippen LogP contribution in [0.4, 0.5) is 0 Å². The number of sulfone groups is 1. The molecule has 0 unspecified atom stereocenters. The molecule has 1 amide bonds. The molecule has 0 saturated carbocycles. The van der Waals surface area contributed by atoms with Gasteiger partial charge in [0.25, 0.3) is 0 Å². The lowest BCUT2D eigenvalue weighted by molar-refractivity contribution is -0.131. The average molecular weight is 392 g/mol. The van der Waals surface area contributed by atoms with E-state index in [2.05, 4.69) is 0 Å². The van der Waals surface area contributed by atoms with E-state index >= 15 is 0 Å². The highest BCUT2D eigenvalue weighted by atomic mass is 32.2. The van der Waals surface area contributed by atoms with E-state index in [1.165, 1.54) is 12.7 Å². The molecule has 5 nitrogen and oxygen atoms in total. The van der Waals surface area contributed by atoms with Crippen molar-refractivity contribution < 1.29 is 17.9 Å². The lowest BCUT2D eigenvalue weighted by atomic mass is 10.2. The van der Waals surface area contributed by atoms with Crippen LogP contribution in [0.1, 0.15) is 5.56 Å². The molecular weight excluding hydrogens is 370 g/mol. The topological polar surface area (TPSA) is 63.7 Å². The zero-order chi connectivity index (χ0) is 18.6. The molecule has 1 saturated heterocycles. The fourth-order valence-electron chi connectivity index (χ4n) is 2.72. The Morgan fingerprint density at radius 3 is 2.38 bits per heavy atom. The second-order valence-corrected chi connectivity index (χ2v) is 9.33. The molecule has 7 heteroatoms. The first kappa shape index (κ1) is 18.8. The normalized spacial score (nSPS) is 14.7. The van der Waals surface area contributed by atoms with Gasteiger partial charge in [-0.3, -0.25) is 4.79 Å². The number of likely N-dealkylation sites (tertiary alicyclic amines) is 1. The Labute approximate surface area is 158 Å². The van der Waals surface area contributed by atoms with Gasteiger partial charge in [-0.2, -0.15) is 0 Å². The van der Waals surface area contributed by atoms with Crippen LogP contribution in [0.15, 0.2) is 59.5 Å². The molecule has 1 fully saturated rings. The number of methoxy groups -OCH3 is 1. The van der Waals surface area contributed by atoms with Gasteiger partial charge >= 0.3 is 0 Å². The maximum Gasteiger partial charge on any atom is 0.232 e. The van der Waals surface area contributed by atoms with Crippen molar-refractivity contribution in [3.05, 3.63) is 60.2 Å². The van der Waals surface area contributed by atoms with Crippen LogP contribution in [-0.4, -0.2) is 50.4 Å². The number of rotatable bonds is 7. The number of carbonyl (C=O) groups is 1. The van der Waals surface area contributed by atoms with Gasteiger partial charge in [0, 0.05) is 18.8 Å². The monoisotopic (exact) mass is 391 g/mol. The minimum absolute atomic E-state index is 0.00730. The van der Waals surface area contributed by atoms with Crippen molar-refractivity contribution >= 4 is 27.5 Å². The van der Waals surface area contributed by atoms with E-state index in [4.69, 9.17) is 4.74 Å². The van der Waals surface area contributed by atoms with Gasteiger partial charge < -0.3 is 9.64 Å². The summed E-state index contributed by atoms with van der Waals surface area (Å²) >= 11 is 1.55. The van der Waals surface area contributed by atoms with E-state index in [0.29, 0.717) is 11.5 Å². The number of nitrogens with zero attached hydrogens (tertiary/aromatic N) is 1. The van der Waals surface area contributed by atoms with Crippen LogP contribution in [0.3, 0.4) is 0 Å². The van der Waals surface area contributed by atoms with Crippen molar-refractivity contribution in [2.75, 3.05) is 26.0 Å². The van der Waals surface area contributed by atoms with Crippen molar-refractivity contribution in [3.63, 3.8) is 0 Å². The second kappa shape index (κ2) is 8.14. The Kier molecular flexibility index (Phi) is 5.88. The predicted molar refractivity (Wildman–Crippen MR) is 103 cm³/mol. The van der Waals surface area contributed by atoms with Gasteiger partial charge in [0.15, 0.2) is 9.84 Å². The Morgan fingerprint density at radius 1 is 1.12 bits per heavy atom. The third-order valence-electron chi connectivity index (χ3n) is 4.36. The first-order chi connectivity index (χ1) is 12.5. The van der Waals surface area contributed by atoms with Gasteiger partial charge in [0.1, 0.15) is 11.0 Å². The van der Waals surface area contributed by atoms with E-state index in [1.807, 2.05) is 30.3 Å². The first-order valence-electron chi connectivity index (χ1n) is 8.28. The minimum Gasteiger partial charge on any atom is -0.497 e. The fourth-order valence-corrected chi connectivity index (χ4v) is 5.26. The van der Waals surface area contributed by atoms with Crippen LogP contribution in [0.25, 0.3) is 0 Å². The van der Waals surface area contributed by atoms with Gasteiger partial charge in [0.2, 0.25) is 5.91 Å². The first-order valence-corrected chi connectivity index (χ1v) is 11.0. The van der Waals surface area contributed by atoms with Gasteiger partial charge in [-0.1, -0.05) is 30.3 Å². The average Bonchev–Trinajstić information content (AvgIpc) is 2.61. The third-order valence-corrected chi connectivity index (χ3v) is 7.46. The van der Waals surface area contributed by atoms with Crippen LogP contribution in [-0.2, 0) is 20.4 Å². The molecule has 2 aromatic carbocycles. The van der Waals surface area contributed by atoms with Gasteiger partial charge in [-0.05, 0) is 29.8 Å². The zero-order valence-electron chi connectivity index (χ0n) is 14.5. The molecule has 138 valence electrons. The summed E-state index contributed by atoms with van der Waals surface area (Å²) in [6.07, 6.45) is 0. The maximum absolute atomic E-state index is 12.6. The largest absolute Gasteiger partial charge is 0.497 e. The Balaban J connectivity index is 1.48. The molecule has 0 N–H and O–H groups in total. The number of hydrogen-bond acceptors (Lipinski definition) is 5. The molecule has 2 aromatic rings. The summed E-state index contributed by atoms with van der Waals surface area (Å²) in [6.45, 7) is 0.526. The number of benzene rings is 2. The summed E-state index contributed by atoms with van der Waals surface area (Å²) in [4.78, 5) is 14.1. The molecule has 0 aromatic heterocycles. The van der Waals surface area contributed by atoms with Gasteiger partial charge in [-0.25, -0.2) is 8.42 Å². The molecule has 0 bridgehead atoms. The molecule has 0 atom stereocenters. The van der Waals surface area contributed by atoms with E-state index in [1.54, 1.807) is 40.9 Å². The summed E-state index contributed by atoms with van der Waals surface area (Å²) in [5.41, 5.74) is 1.17. The SMILES string of the molecule is COc1ccc(S(=O)(=O)C2CN(C(=O)CSCc3ccccc3)C2)cc1. The van der Waals surface area contributed by atoms with Gasteiger partial charge in [-0.15, -0.1) is 11.8 Å². The summed E-state index contributed by atoms with van der Waals surface area (Å²) in [6, 6.07) is 16.3. The fraction of sp³-hybridized carbons (Fsp3) is 0.316. The Morgan fingerprint density at radius 2 is 1.77 bits per heavy atom. The Hall–Kier alpha value is -1.99. The molecule has 3 rings (SSSR count). The van der Waals surface area contributed by atoms with Crippen molar-refractivity contribution in [1.82, 2.24) is 4.90 Å². The lowest BCUT2D eigenvalue weighted by Crippen LogP contribution is -2.57. The lowest BCUT2D eigenvalue weighted by Gasteiger charge is -2.38. The predicted octanol–water partition coefficient (Wildman–Crippen LogP) is 2.61. The highest BCUT2D eigenvalue weighted by molar-refractivity contribution is 7.99. The van der Waals surface area contributed by atoms with Crippen molar-refractivity contribution in [1.29, 1.82) is 0 Å². The van der Waals surface area contributed by atoms with Crippen LogP contribution in [0, 0.1) is 0 Å². The molecule has 0 spiro atoms. The molecule has 1 aliphatic rings. The zero-order valence-corrected chi connectivity index (χ0v) is 16.1. The standard InChI is InChI=1S/C19H21NO4S2/c1-24-16-7-9-17(10-8-16)26(22,23)18-11-20(12-18)19(21)14-25-13-15-5-3-2-4-6-15/h2-10,18H,11-14H2,1H3. The van der Waals surface area contributed by atoms with E-state index in [-0.39, 0.29) is 23.9 Å². The highest BCUT2D eigenvalue weighted by Gasteiger charge is 2.40. The highest BCUT2D eigenvalue weighted by Crippen LogP contribution is 2.26. The van der Waals surface area contributed by atoms with E-state index in [0.717, 1.165) is 5.75 Å². The van der Waals surface area contributed by atoms with Crippen LogP contribution >= 0.6 is 11.8 Å². The molecule has 0 aliphatic carbocycles. The van der Waals surface area contributed by atoms with Crippen LogP contribution in [0.2, 0.25) is 0 Å². The molecule has 0 radical (unpaired) electrons. The van der Waals surface area contributed by atoms with E-state index in [9.17, 15) is 13.2 Å². The summed E-state index contributed by atoms with van der Waals surface area (Å²) < 4.78 is 30.2. The summed E-state index contributed by atoms with van der Waals surface area (Å²) in [5.74, 6) is 1.75. The van der Waals surface area contributed by atoms with Crippen molar-refractivity contribution in [2.45, 2.75) is 15.9 Å². The summed E-state index contributed by atoms with van der Waals surface area (Å²) in [7, 11) is -1.88.